The highest BCUT2D eigenvalue weighted by molar-refractivity contribution is 9.10. The van der Waals surface area contributed by atoms with Crippen LogP contribution in [0.2, 0.25) is 0 Å². The summed E-state index contributed by atoms with van der Waals surface area (Å²) in [5.74, 6) is -0.588. The molecule has 0 spiro atoms. The van der Waals surface area contributed by atoms with E-state index in [1.807, 2.05) is 0 Å². The van der Waals surface area contributed by atoms with E-state index in [-0.39, 0.29) is 9.80 Å². The van der Waals surface area contributed by atoms with E-state index in [9.17, 15) is 4.79 Å². The van der Waals surface area contributed by atoms with Crippen LogP contribution >= 0.6 is 15.9 Å². The normalized spacial score (nSPS) is 32.2. The zero-order chi connectivity index (χ0) is 21.9. The molecule has 6 nitrogen and oxygen atoms in total. The summed E-state index contributed by atoms with van der Waals surface area (Å²) < 4.78 is 71.1. The summed E-state index contributed by atoms with van der Waals surface area (Å²) in [4.78, 5) is 20.1. The zero-order valence-corrected chi connectivity index (χ0v) is 12.7. The maximum atomic E-state index is 12.5. The van der Waals surface area contributed by atoms with E-state index in [1.54, 1.807) is 0 Å². The van der Waals surface area contributed by atoms with Gasteiger partial charge in [0, 0.05) is 38.4 Å². The third-order valence-electron chi connectivity index (χ3n) is 1.93. The van der Waals surface area contributed by atoms with Crippen molar-refractivity contribution in [3.8, 4) is 0 Å². The van der Waals surface area contributed by atoms with Crippen molar-refractivity contribution in [2.24, 2.45) is 0 Å². The summed E-state index contributed by atoms with van der Waals surface area (Å²) in [6.45, 7) is -8.82. The fourth-order valence-electron chi connectivity index (χ4n) is 1.18. The van der Waals surface area contributed by atoms with Gasteiger partial charge in [0.05, 0.1) is 15.4 Å². The number of halogens is 1. The number of carbonyl (C=O) groups is 1. The molecule has 0 N–H and O–H groups in total. The summed E-state index contributed by atoms with van der Waals surface area (Å²) in [7, 11) is 0. The van der Waals surface area contributed by atoms with Crippen LogP contribution in [-0.2, 0) is 4.74 Å². The van der Waals surface area contributed by atoms with E-state index < -0.39 is 43.6 Å². The topological polar surface area (TPSA) is 58.6 Å². The Morgan fingerprint density at radius 3 is 2.35 bits per heavy atom. The third-order valence-corrected chi connectivity index (χ3v) is 2.34. The van der Waals surface area contributed by atoms with Crippen molar-refractivity contribution >= 4 is 28.0 Å². The van der Waals surface area contributed by atoms with Crippen LogP contribution in [0.15, 0.2) is 16.9 Å². The van der Waals surface area contributed by atoms with Crippen LogP contribution < -0.4 is 4.90 Å². The SMILES string of the molecule is [2H]C1([2H])N(C(=O)OC(C)(C)C)C([2H])([2H])C([2H])([2H])N(c2ncc(Br)cn2)C1([2H])[2H]. The van der Waals surface area contributed by atoms with Crippen LogP contribution in [0, 0.1) is 0 Å². The molecule has 0 bridgehead atoms. The molecule has 1 fully saturated rings. The molecule has 0 aromatic carbocycles. The number of aromatic nitrogens is 2. The fourth-order valence-corrected chi connectivity index (χ4v) is 1.38. The van der Waals surface area contributed by atoms with Gasteiger partial charge in [0.25, 0.3) is 0 Å². The Bertz CT molecular complexity index is 741. The van der Waals surface area contributed by atoms with E-state index in [0.717, 1.165) is 0 Å². The van der Waals surface area contributed by atoms with E-state index in [2.05, 4.69) is 25.9 Å². The molecule has 1 aromatic rings. The Kier molecular flexibility index (Phi) is 2.26. The van der Waals surface area contributed by atoms with Gasteiger partial charge in [0.2, 0.25) is 5.95 Å². The van der Waals surface area contributed by atoms with E-state index in [0.29, 0.717) is 4.47 Å². The molecule has 0 saturated carbocycles. The van der Waals surface area contributed by atoms with E-state index in [4.69, 9.17) is 15.7 Å². The fraction of sp³-hybridized carbons (Fsp3) is 0.615. The smallest absolute Gasteiger partial charge is 0.410 e. The van der Waals surface area contributed by atoms with Crippen LogP contribution in [0.5, 0.6) is 0 Å². The molecule has 7 heteroatoms. The lowest BCUT2D eigenvalue weighted by Gasteiger charge is -2.35. The zero-order valence-electron chi connectivity index (χ0n) is 19.1. The molecule has 20 heavy (non-hydrogen) atoms. The minimum Gasteiger partial charge on any atom is -0.444 e. The Morgan fingerprint density at radius 2 is 1.85 bits per heavy atom. The first-order valence-electron chi connectivity index (χ1n) is 9.68. The van der Waals surface area contributed by atoms with Gasteiger partial charge < -0.3 is 14.5 Å². The molecule has 1 aliphatic rings. The molecule has 1 amide bonds. The van der Waals surface area contributed by atoms with Gasteiger partial charge in [0.1, 0.15) is 5.60 Å². The predicted molar refractivity (Wildman–Crippen MR) is 79.8 cm³/mol. The molecule has 2 rings (SSSR count). The maximum Gasteiger partial charge on any atom is 0.410 e. The van der Waals surface area contributed by atoms with Crippen molar-refractivity contribution in [2.45, 2.75) is 26.4 Å². The van der Waals surface area contributed by atoms with Gasteiger partial charge in [-0.15, -0.1) is 0 Å². The third kappa shape index (κ3) is 4.06. The Balaban J connectivity index is 2.68. The molecule has 1 aromatic heterocycles. The molecule has 0 unspecified atom stereocenters. The summed E-state index contributed by atoms with van der Waals surface area (Å²) >= 11 is 3.08. The quantitative estimate of drug-likeness (QED) is 0.777. The summed E-state index contributed by atoms with van der Waals surface area (Å²) in [6.07, 6.45) is 0.825. The average molecular weight is 351 g/mol. The minimum absolute atomic E-state index is 0.160. The Labute approximate surface area is 138 Å². The van der Waals surface area contributed by atoms with Crippen molar-refractivity contribution in [3.05, 3.63) is 16.9 Å². The Morgan fingerprint density at radius 1 is 1.30 bits per heavy atom. The molecule has 0 atom stereocenters. The summed E-state index contributed by atoms with van der Waals surface area (Å²) in [6, 6.07) is 0. The molecule has 1 aliphatic heterocycles. The predicted octanol–water partition coefficient (Wildman–Crippen LogP) is 2.30. The second-order valence-electron chi connectivity index (χ2n) is 4.80. The number of nitrogens with zero attached hydrogens (tertiary/aromatic N) is 4. The van der Waals surface area contributed by atoms with Crippen molar-refractivity contribution in [1.82, 2.24) is 14.9 Å². The molecule has 1 saturated heterocycles. The van der Waals surface area contributed by atoms with Crippen LogP contribution in [-0.4, -0.2) is 52.5 Å². The van der Waals surface area contributed by atoms with Gasteiger partial charge in [-0.25, -0.2) is 14.8 Å². The molecule has 0 radical (unpaired) electrons. The van der Waals surface area contributed by atoms with E-state index in [1.165, 1.54) is 33.2 Å². The lowest BCUT2D eigenvalue weighted by molar-refractivity contribution is 0.0240. The monoisotopic (exact) mass is 350 g/mol. The molecule has 0 aliphatic carbocycles. The van der Waals surface area contributed by atoms with Gasteiger partial charge in [-0.05, 0) is 36.7 Å². The van der Waals surface area contributed by atoms with Crippen molar-refractivity contribution in [3.63, 3.8) is 0 Å². The second kappa shape index (κ2) is 5.95. The number of amides is 1. The summed E-state index contributed by atoms with van der Waals surface area (Å²) in [5.41, 5.74) is -1.14. The highest BCUT2D eigenvalue weighted by atomic mass is 79.9. The first-order valence-corrected chi connectivity index (χ1v) is 6.48. The number of carbonyl (C=O) groups excluding carboxylic acids is 1. The van der Waals surface area contributed by atoms with Gasteiger partial charge in [-0.1, -0.05) is 0 Å². The van der Waals surface area contributed by atoms with Crippen molar-refractivity contribution < 1.29 is 20.5 Å². The highest BCUT2D eigenvalue weighted by Gasteiger charge is 2.26. The lowest BCUT2D eigenvalue weighted by atomic mass is 10.2. The van der Waals surface area contributed by atoms with Crippen LogP contribution in [0.3, 0.4) is 0 Å². The average Bonchev–Trinajstić information content (AvgIpc) is 2.45. The lowest BCUT2D eigenvalue weighted by Crippen LogP contribution is -2.50. The van der Waals surface area contributed by atoms with Gasteiger partial charge in [-0.2, -0.15) is 0 Å². The van der Waals surface area contributed by atoms with Gasteiger partial charge in [0.15, 0.2) is 0 Å². The largest absolute Gasteiger partial charge is 0.444 e. The van der Waals surface area contributed by atoms with Crippen LogP contribution in [0.1, 0.15) is 31.7 Å². The Hall–Kier alpha value is -1.37. The standard InChI is InChI=1S/C13H19BrN4O2/c1-13(2,3)20-12(19)18-6-4-17(5-7-18)11-15-8-10(14)9-16-11/h8-9H,4-7H2,1-3H3/i4D2,5D2,6D2,7D2. The maximum absolute atomic E-state index is 12.5. The van der Waals surface area contributed by atoms with Gasteiger partial charge in [-0.3, -0.25) is 0 Å². The first kappa shape index (κ1) is 7.59. The van der Waals surface area contributed by atoms with Gasteiger partial charge >= 0.3 is 6.09 Å². The first-order chi connectivity index (χ1) is 12.4. The second-order valence-corrected chi connectivity index (χ2v) is 5.72. The van der Waals surface area contributed by atoms with E-state index >= 15 is 0 Å². The highest BCUT2D eigenvalue weighted by Crippen LogP contribution is 2.15. The number of piperazine rings is 1. The molecule has 110 valence electrons. The molecule has 2 heterocycles. The molecular weight excluding hydrogens is 324 g/mol. The van der Waals surface area contributed by atoms with Crippen LogP contribution in [0.4, 0.5) is 10.7 Å². The number of hydrogen-bond acceptors (Lipinski definition) is 5. The number of rotatable bonds is 1. The van der Waals surface area contributed by atoms with Crippen molar-refractivity contribution in [2.75, 3.05) is 30.9 Å². The molecular formula is C13H19BrN4O2. The number of anilines is 1. The summed E-state index contributed by atoms with van der Waals surface area (Å²) in [5, 5.41) is 0. The number of ether oxygens (including phenoxy) is 1. The minimum atomic E-state index is -3.35. The number of hydrogen-bond donors (Lipinski definition) is 0. The van der Waals surface area contributed by atoms with Crippen LogP contribution in [0.25, 0.3) is 0 Å². The van der Waals surface area contributed by atoms with Crippen molar-refractivity contribution in [1.29, 1.82) is 0 Å².